The van der Waals surface area contributed by atoms with Crippen LogP contribution in [0.2, 0.25) is 0 Å². The standard InChI is InChI=1S/C17H20N4O3/c1-19-8-9-21(11-14(19)12-6-4-3-5-7-12)16(23)13-10-20(2)17(24)18-15(13)22/h3-7,10,14H,8-9,11H2,1-2H3,(H,18,22,24)/t14-/m0/s1. The van der Waals surface area contributed by atoms with Crippen molar-refractivity contribution in [2.75, 3.05) is 26.7 Å². The molecule has 1 aromatic carbocycles. The zero-order valence-corrected chi connectivity index (χ0v) is 13.7. The molecule has 1 amide bonds. The maximum Gasteiger partial charge on any atom is 0.328 e. The van der Waals surface area contributed by atoms with Crippen molar-refractivity contribution in [2.45, 2.75) is 6.04 Å². The van der Waals surface area contributed by atoms with Gasteiger partial charge >= 0.3 is 5.69 Å². The number of aromatic nitrogens is 2. The minimum atomic E-state index is -0.640. The summed E-state index contributed by atoms with van der Waals surface area (Å²) >= 11 is 0. The van der Waals surface area contributed by atoms with E-state index >= 15 is 0 Å². The van der Waals surface area contributed by atoms with Gasteiger partial charge in [-0.05, 0) is 12.6 Å². The molecular weight excluding hydrogens is 308 g/mol. The molecule has 0 spiro atoms. The second kappa shape index (κ2) is 6.45. The first kappa shape index (κ1) is 16.2. The van der Waals surface area contributed by atoms with Crippen LogP contribution in [0.3, 0.4) is 0 Å². The Kier molecular flexibility index (Phi) is 4.35. The first-order valence-electron chi connectivity index (χ1n) is 7.82. The quantitative estimate of drug-likeness (QED) is 0.854. The van der Waals surface area contributed by atoms with E-state index in [1.807, 2.05) is 37.4 Å². The molecule has 0 radical (unpaired) electrons. The zero-order chi connectivity index (χ0) is 17.3. The average Bonchev–Trinajstić information content (AvgIpc) is 2.59. The van der Waals surface area contributed by atoms with Gasteiger partial charge in [0, 0.05) is 32.9 Å². The number of nitrogens with zero attached hydrogens (tertiary/aromatic N) is 3. The topological polar surface area (TPSA) is 78.4 Å². The second-order valence-corrected chi connectivity index (χ2v) is 6.07. The lowest BCUT2D eigenvalue weighted by molar-refractivity contribution is 0.0543. The molecule has 1 aliphatic heterocycles. The fourth-order valence-electron chi connectivity index (χ4n) is 2.98. The van der Waals surface area contributed by atoms with Gasteiger partial charge in [0.05, 0.1) is 6.04 Å². The van der Waals surface area contributed by atoms with Crippen LogP contribution in [0, 0.1) is 0 Å². The highest BCUT2D eigenvalue weighted by Crippen LogP contribution is 2.24. The summed E-state index contributed by atoms with van der Waals surface area (Å²) in [6, 6.07) is 10.1. The van der Waals surface area contributed by atoms with Crippen LogP contribution in [0.1, 0.15) is 22.0 Å². The third kappa shape index (κ3) is 3.03. The molecule has 7 nitrogen and oxygen atoms in total. The van der Waals surface area contributed by atoms with Crippen LogP contribution in [0.15, 0.2) is 46.1 Å². The fourth-order valence-corrected chi connectivity index (χ4v) is 2.98. The van der Waals surface area contributed by atoms with Gasteiger partial charge in [-0.25, -0.2) is 4.79 Å². The fraction of sp³-hybridized carbons (Fsp3) is 0.353. The number of benzene rings is 1. The first-order valence-corrected chi connectivity index (χ1v) is 7.82. The molecule has 0 aliphatic carbocycles. The molecule has 0 unspecified atom stereocenters. The molecule has 2 aromatic rings. The lowest BCUT2D eigenvalue weighted by Gasteiger charge is -2.39. The Morgan fingerprint density at radius 2 is 1.83 bits per heavy atom. The lowest BCUT2D eigenvalue weighted by atomic mass is 10.0. The Bertz CT molecular complexity index is 856. The van der Waals surface area contributed by atoms with E-state index in [2.05, 4.69) is 9.88 Å². The molecule has 1 saturated heterocycles. The van der Waals surface area contributed by atoms with Gasteiger partial charge in [0.25, 0.3) is 11.5 Å². The Balaban J connectivity index is 1.87. The molecular formula is C17H20N4O3. The third-order valence-corrected chi connectivity index (χ3v) is 4.46. The van der Waals surface area contributed by atoms with E-state index in [0.717, 1.165) is 12.1 Å². The minimum absolute atomic E-state index is 0.00605. The Morgan fingerprint density at radius 3 is 2.54 bits per heavy atom. The highest BCUT2D eigenvalue weighted by molar-refractivity contribution is 5.93. The summed E-state index contributed by atoms with van der Waals surface area (Å²) in [4.78, 5) is 42.2. The summed E-state index contributed by atoms with van der Waals surface area (Å²) in [6.45, 7) is 1.76. The van der Waals surface area contributed by atoms with E-state index in [4.69, 9.17) is 0 Å². The van der Waals surface area contributed by atoms with Gasteiger partial charge < -0.3 is 9.47 Å². The SMILES string of the molecule is CN1CCN(C(=O)c2cn(C)c(=O)[nH]c2=O)C[C@H]1c1ccccc1. The maximum absolute atomic E-state index is 12.7. The molecule has 3 rings (SSSR count). The van der Waals surface area contributed by atoms with Crippen LogP contribution in [-0.4, -0.2) is 51.9 Å². The van der Waals surface area contributed by atoms with Gasteiger partial charge in [-0.2, -0.15) is 0 Å². The molecule has 1 aromatic heterocycles. The van der Waals surface area contributed by atoms with Crippen molar-refractivity contribution in [3.05, 3.63) is 68.5 Å². The molecule has 1 atom stereocenters. The van der Waals surface area contributed by atoms with E-state index in [1.54, 1.807) is 4.90 Å². The van der Waals surface area contributed by atoms with Gasteiger partial charge in [-0.1, -0.05) is 30.3 Å². The van der Waals surface area contributed by atoms with Gasteiger partial charge in [0.2, 0.25) is 0 Å². The monoisotopic (exact) mass is 328 g/mol. The number of hydrogen-bond acceptors (Lipinski definition) is 4. The van der Waals surface area contributed by atoms with E-state index in [1.165, 1.54) is 17.8 Å². The lowest BCUT2D eigenvalue weighted by Crippen LogP contribution is -2.50. The number of H-pyrrole nitrogens is 1. The van der Waals surface area contributed by atoms with Crippen LogP contribution in [0.4, 0.5) is 0 Å². The highest BCUT2D eigenvalue weighted by atomic mass is 16.2. The number of piperazine rings is 1. The van der Waals surface area contributed by atoms with Gasteiger partial charge in [-0.15, -0.1) is 0 Å². The average molecular weight is 328 g/mol. The number of carbonyl (C=O) groups is 1. The number of rotatable bonds is 2. The van der Waals surface area contributed by atoms with Gasteiger partial charge in [-0.3, -0.25) is 19.5 Å². The van der Waals surface area contributed by atoms with E-state index in [-0.39, 0.29) is 17.5 Å². The summed E-state index contributed by atoms with van der Waals surface area (Å²) in [5.74, 6) is -0.346. The number of hydrogen-bond donors (Lipinski definition) is 1. The summed E-state index contributed by atoms with van der Waals surface area (Å²) in [6.07, 6.45) is 1.30. The summed E-state index contributed by atoms with van der Waals surface area (Å²) in [5.41, 5.74) is -0.0456. The first-order chi connectivity index (χ1) is 11.5. The van der Waals surface area contributed by atoms with Crippen molar-refractivity contribution >= 4 is 5.91 Å². The van der Waals surface area contributed by atoms with E-state index < -0.39 is 11.2 Å². The normalized spacial score (nSPS) is 18.6. The molecule has 0 bridgehead atoms. The smallest absolute Gasteiger partial charge is 0.328 e. The molecule has 0 saturated carbocycles. The van der Waals surface area contributed by atoms with Crippen molar-refractivity contribution in [3.8, 4) is 0 Å². The van der Waals surface area contributed by atoms with Crippen molar-refractivity contribution in [1.29, 1.82) is 0 Å². The molecule has 1 aliphatic rings. The largest absolute Gasteiger partial charge is 0.335 e. The number of carbonyl (C=O) groups excluding carboxylic acids is 1. The van der Waals surface area contributed by atoms with Crippen molar-refractivity contribution in [1.82, 2.24) is 19.4 Å². The number of amides is 1. The highest BCUT2D eigenvalue weighted by Gasteiger charge is 2.30. The van der Waals surface area contributed by atoms with E-state index in [0.29, 0.717) is 13.1 Å². The Labute approximate surface area is 139 Å². The zero-order valence-electron chi connectivity index (χ0n) is 13.7. The predicted octanol–water partition coefficient (Wildman–Crippen LogP) is 0.203. The number of aryl methyl sites for hydroxylation is 1. The minimum Gasteiger partial charge on any atom is -0.335 e. The Hall–Kier alpha value is -2.67. The molecule has 1 fully saturated rings. The molecule has 24 heavy (non-hydrogen) atoms. The van der Waals surface area contributed by atoms with Crippen LogP contribution in [-0.2, 0) is 7.05 Å². The number of aromatic amines is 1. The third-order valence-electron chi connectivity index (χ3n) is 4.46. The molecule has 1 N–H and O–H groups in total. The van der Waals surface area contributed by atoms with Crippen LogP contribution in [0.5, 0.6) is 0 Å². The molecule has 126 valence electrons. The van der Waals surface area contributed by atoms with Crippen LogP contribution < -0.4 is 11.2 Å². The summed E-state index contributed by atoms with van der Waals surface area (Å²) < 4.78 is 1.21. The Morgan fingerprint density at radius 1 is 1.12 bits per heavy atom. The van der Waals surface area contributed by atoms with Crippen molar-refractivity contribution in [2.24, 2.45) is 7.05 Å². The van der Waals surface area contributed by atoms with Crippen LogP contribution in [0.25, 0.3) is 0 Å². The number of likely N-dealkylation sites (N-methyl/N-ethyl adjacent to an activating group) is 1. The number of nitrogens with one attached hydrogen (secondary N) is 1. The summed E-state index contributed by atoms with van der Waals surface area (Å²) in [7, 11) is 3.53. The summed E-state index contributed by atoms with van der Waals surface area (Å²) in [5, 5.41) is 0. The van der Waals surface area contributed by atoms with Crippen molar-refractivity contribution < 1.29 is 4.79 Å². The maximum atomic E-state index is 12.7. The predicted molar refractivity (Wildman–Crippen MR) is 90.0 cm³/mol. The van der Waals surface area contributed by atoms with E-state index in [9.17, 15) is 14.4 Å². The van der Waals surface area contributed by atoms with Gasteiger partial charge in [0.1, 0.15) is 5.56 Å². The van der Waals surface area contributed by atoms with Gasteiger partial charge in [0.15, 0.2) is 0 Å². The molecule has 2 heterocycles. The second-order valence-electron chi connectivity index (χ2n) is 6.07. The molecule has 7 heteroatoms. The van der Waals surface area contributed by atoms with Crippen molar-refractivity contribution in [3.63, 3.8) is 0 Å². The van der Waals surface area contributed by atoms with Crippen LogP contribution >= 0.6 is 0 Å².